The fourth-order valence-corrected chi connectivity index (χ4v) is 4.77. The first-order valence-electron chi connectivity index (χ1n) is 9.86. The Balaban J connectivity index is 1.60. The van der Waals surface area contributed by atoms with Gasteiger partial charge in [0.15, 0.2) is 5.11 Å². The van der Waals surface area contributed by atoms with Gasteiger partial charge in [-0.25, -0.2) is 4.39 Å². The molecular weight excluding hydrogens is 493 g/mol. The first-order valence-corrected chi connectivity index (χ1v) is 11.1. The van der Waals surface area contributed by atoms with E-state index < -0.39 is 0 Å². The lowest BCUT2D eigenvalue weighted by molar-refractivity contribution is 0.439. The molecule has 5 rings (SSSR count). The van der Waals surface area contributed by atoms with Crippen molar-refractivity contribution in [1.82, 2.24) is 10.3 Å². The number of hydrogen-bond donors (Lipinski definition) is 2. The number of benzene rings is 2. The normalized spacial score (nSPS) is 18.1. The van der Waals surface area contributed by atoms with E-state index in [2.05, 4.69) is 26.2 Å². The molecule has 4 aromatic rings. The number of halogens is 2. The molecule has 2 aromatic carbocycles. The second-order valence-electron chi connectivity index (χ2n) is 7.34. The molecule has 2 N–H and O–H groups in total. The number of thiocarbonyl (C=S) groups is 1. The van der Waals surface area contributed by atoms with Gasteiger partial charge in [0.2, 0.25) is 0 Å². The van der Waals surface area contributed by atoms with Crippen molar-refractivity contribution in [2.75, 3.05) is 4.90 Å². The molecule has 1 fully saturated rings. The molecule has 160 valence electrons. The molecule has 0 aliphatic carbocycles. The number of pyridine rings is 1. The third kappa shape index (κ3) is 3.76. The SMILES string of the molecule is Oc1ccc(N2C(=S)NC(c3ccccn3)C2c2ccc(-c3ccc(F)cc3Br)o2)cc1. The van der Waals surface area contributed by atoms with Crippen molar-refractivity contribution in [3.8, 4) is 17.1 Å². The summed E-state index contributed by atoms with van der Waals surface area (Å²) in [5.74, 6) is 1.12. The second-order valence-corrected chi connectivity index (χ2v) is 8.58. The van der Waals surface area contributed by atoms with Crippen LogP contribution in [0.5, 0.6) is 5.75 Å². The van der Waals surface area contributed by atoms with E-state index in [9.17, 15) is 9.50 Å². The lowest BCUT2D eigenvalue weighted by atomic mass is 10.0. The predicted molar refractivity (Wildman–Crippen MR) is 128 cm³/mol. The molecular formula is C24H17BrFN3O2S. The van der Waals surface area contributed by atoms with Crippen LogP contribution in [-0.4, -0.2) is 15.2 Å². The number of phenols is 1. The van der Waals surface area contributed by atoms with Gasteiger partial charge in [0, 0.05) is 21.9 Å². The largest absolute Gasteiger partial charge is 0.508 e. The van der Waals surface area contributed by atoms with Gasteiger partial charge in [-0.2, -0.15) is 0 Å². The van der Waals surface area contributed by atoms with Crippen molar-refractivity contribution in [1.29, 1.82) is 0 Å². The first kappa shape index (κ1) is 20.7. The predicted octanol–water partition coefficient (Wildman–Crippen LogP) is 6.13. The second kappa shape index (κ2) is 8.37. The molecule has 0 bridgehead atoms. The molecule has 1 saturated heterocycles. The molecule has 2 atom stereocenters. The monoisotopic (exact) mass is 509 g/mol. The number of furan rings is 1. The summed E-state index contributed by atoms with van der Waals surface area (Å²) in [6, 6.07) is 20.2. The summed E-state index contributed by atoms with van der Waals surface area (Å²) < 4.78 is 20.4. The molecule has 0 saturated carbocycles. The standard InChI is InChI=1S/C24H17BrFN3O2S/c25-18-13-14(26)4-9-17(18)20-10-11-21(31-20)23-22(19-3-1-2-12-27-19)28-24(32)29(23)15-5-7-16(30)8-6-15/h1-13,22-23,30H,(H,28,32). The van der Waals surface area contributed by atoms with Crippen molar-refractivity contribution in [2.45, 2.75) is 12.1 Å². The number of aromatic hydroxyl groups is 1. The summed E-state index contributed by atoms with van der Waals surface area (Å²) >= 11 is 9.09. The number of phenolic OH excluding ortho intramolecular Hbond substituents is 1. The summed E-state index contributed by atoms with van der Waals surface area (Å²) in [6.07, 6.45) is 1.74. The summed E-state index contributed by atoms with van der Waals surface area (Å²) in [4.78, 5) is 6.48. The smallest absolute Gasteiger partial charge is 0.174 e. The van der Waals surface area contributed by atoms with Gasteiger partial charge in [-0.3, -0.25) is 4.98 Å². The third-order valence-electron chi connectivity index (χ3n) is 5.34. The van der Waals surface area contributed by atoms with E-state index >= 15 is 0 Å². The van der Waals surface area contributed by atoms with Gasteiger partial charge in [0.05, 0.1) is 11.7 Å². The quantitative estimate of drug-likeness (QED) is 0.323. The lowest BCUT2D eigenvalue weighted by Crippen LogP contribution is -2.29. The summed E-state index contributed by atoms with van der Waals surface area (Å²) in [5, 5.41) is 13.6. The van der Waals surface area contributed by atoms with Crippen LogP contribution in [0, 0.1) is 5.82 Å². The Bertz CT molecular complexity index is 1280. The fraction of sp³-hybridized carbons (Fsp3) is 0.0833. The number of anilines is 1. The highest BCUT2D eigenvalue weighted by Gasteiger charge is 2.42. The minimum atomic E-state index is -0.327. The number of nitrogens with one attached hydrogen (secondary N) is 1. The fourth-order valence-electron chi connectivity index (χ4n) is 3.88. The van der Waals surface area contributed by atoms with Crippen molar-refractivity contribution in [2.24, 2.45) is 0 Å². The Labute approximate surface area is 197 Å². The van der Waals surface area contributed by atoms with E-state index in [1.165, 1.54) is 12.1 Å². The van der Waals surface area contributed by atoms with Crippen molar-refractivity contribution in [3.05, 3.63) is 101 Å². The molecule has 2 unspecified atom stereocenters. The van der Waals surface area contributed by atoms with Gasteiger partial charge in [0.25, 0.3) is 0 Å². The van der Waals surface area contributed by atoms with E-state index in [4.69, 9.17) is 16.6 Å². The highest BCUT2D eigenvalue weighted by molar-refractivity contribution is 9.10. The molecule has 3 heterocycles. The van der Waals surface area contributed by atoms with Crippen LogP contribution in [-0.2, 0) is 0 Å². The van der Waals surface area contributed by atoms with Crippen LogP contribution < -0.4 is 10.2 Å². The summed E-state index contributed by atoms with van der Waals surface area (Å²) in [5.41, 5.74) is 2.38. The van der Waals surface area contributed by atoms with Crippen LogP contribution >= 0.6 is 28.1 Å². The van der Waals surface area contributed by atoms with E-state index in [-0.39, 0.29) is 23.7 Å². The van der Waals surface area contributed by atoms with Crippen molar-refractivity contribution in [3.63, 3.8) is 0 Å². The molecule has 2 aromatic heterocycles. The molecule has 0 amide bonds. The molecule has 8 heteroatoms. The summed E-state index contributed by atoms with van der Waals surface area (Å²) in [7, 11) is 0. The summed E-state index contributed by atoms with van der Waals surface area (Å²) in [6.45, 7) is 0. The van der Waals surface area contributed by atoms with Crippen LogP contribution in [0.25, 0.3) is 11.3 Å². The van der Waals surface area contributed by atoms with E-state index in [0.717, 1.165) is 16.9 Å². The van der Waals surface area contributed by atoms with E-state index in [1.807, 2.05) is 35.2 Å². The third-order valence-corrected chi connectivity index (χ3v) is 6.31. The molecule has 0 spiro atoms. The zero-order valence-corrected chi connectivity index (χ0v) is 19.0. The highest BCUT2D eigenvalue weighted by Crippen LogP contribution is 2.43. The Kier molecular flexibility index (Phi) is 5.40. The minimum Gasteiger partial charge on any atom is -0.508 e. The van der Waals surface area contributed by atoms with Gasteiger partial charge in [-0.1, -0.05) is 6.07 Å². The Morgan fingerprint density at radius 1 is 1.06 bits per heavy atom. The number of rotatable bonds is 4. The zero-order chi connectivity index (χ0) is 22.2. The molecule has 32 heavy (non-hydrogen) atoms. The molecule has 5 nitrogen and oxygen atoms in total. The van der Waals surface area contributed by atoms with Crippen LogP contribution in [0.4, 0.5) is 10.1 Å². The van der Waals surface area contributed by atoms with Crippen LogP contribution in [0.2, 0.25) is 0 Å². The average Bonchev–Trinajstić information content (AvgIpc) is 3.39. The van der Waals surface area contributed by atoms with E-state index in [0.29, 0.717) is 21.1 Å². The first-order chi connectivity index (χ1) is 15.5. The van der Waals surface area contributed by atoms with Gasteiger partial charge >= 0.3 is 0 Å². The van der Waals surface area contributed by atoms with Gasteiger partial charge in [-0.05, 0) is 94.9 Å². The Hall–Kier alpha value is -3.23. The Morgan fingerprint density at radius 2 is 1.88 bits per heavy atom. The van der Waals surface area contributed by atoms with Crippen LogP contribution in [0.1, 0.15) is 23.5 Å². The zero-order valence-electron chi connectivity index (χ0n) is 16.6. The Morgan fingerprint density at radius 3 is 2.59 bits per heavy atom. The average molecular weight is 510 g/mol. The molecule has 1 aliphatic rings. The maximum Gasteiger partial charge on any atom is 0.174 e. The highest BCUT2D eigenvalue weighted by atomic mass is 79.9. The maximum atomic E-state index is 13.5. The van der Waals surface area contributed by atoms with Crippen molar-refractivity contribution >= 4 is 38.9 Å². The molecule has 0 radical (unpaired) electrons. The maximum absolute atomic E-state index is 13.5. The number of hydrogen-bond acceptors (Lipinski definition) is 4. The van der Waals surface area contributed by atoms with Crippen molar-refractivity contribution < 1.29 is 13.9 Å². The molecule has 1 aliphatic heterocycles. The number of aromatic nitrogens is 1. The van der Waals surface area contributed by atoms with Crippen LogP contribution in [0.3, 0.4) is 0 Å². The van der Waals surface area contributed by atoms with Gasteiger partial charge in [-0.15, -0.1) is 0 Å². The number of nitrogens with zero attached hydrogens (tertiary/aromatic N) is 2. The lowest BCUT2D eigenvalue weighted by Gasteiger charge is -2.26. The van der Waals surface area contributed by atoms with E-state index in [1.54, 1.807) is 36.5 Å². The minimum absolute atomic E-state index is 0.172. The van der Waals surface area contributed by atoms with Gasteiger partial charge < -0.3 is 19.7 Å². The van der Waals surface area contributed by atoms with Crippen LogP contribution in [0.15, 0.2) is 87.9 Å². The van der Waals surface area contributed by atoms with Gasteiger partial charge in [0.1, 0.15) is 29.1 Å². The topological polar surface area (TPSA) is 61.5 Å².